The van der Waals surface area contributed by atoms with E-state index < -0.39 is 7.15 Å². The average molecular weight is 411 g/mol. The van der Waals surface area contributed by atoms with Crippen molar-refractivity contribution >= 4 is 16.8 Å². The molecular weight excluding hydrogens is 361 g/mol. The Morgan fingerprint density at radius 2 is 1.04 bits per heavy atom. The molecule has 0 aliphatic heterocycles. The van der Waals surface area contributed by atoms with Crippen LogP contribution in [0.1, 0.15) is 119 Å². The molecule has 0 aromatic heterocycles. The van der Waals surface area contributed by atoms with Crippen LogP contribution in [0.4, 0.5) is 4.39 Å². The summed E-state index contributed by atoms with van der Waals surface area (Å²) in [5.74, 6) is 0. The lowest BCUT2D eigenvalue weighted by Gasteiger charge is -2.13. The van der Waals surface area contributed by atoms with E-state index in [0.29, 0.717) is 6.42 Å². The molecule has 0 aliphatic rings. The summed E-state index contributed by atoms with van der Waals surface area (Å²) in [7, 11) is -1.00. The van der Waals surface area contributed by atoms with E-state index in [9.17, 15) is 9.18 Å². The smallest absolute Gasteiger partial charge is 0.221 e. The summed E-state index contributed by atoms with van der Waals surface area (Å²) in [6.07, 6.45) is 17.9. The summed E-state index contributed by atoms with van der Waals surface area (Å²) in [5.41, 5.74) is 0. The third-order valence-electron chi connectivity index (χ3n) is 4.82. The summed E-state index contributed by atoms with van der Waals surface area (Å²) < 4.78 is 15.5. The number of carbonyl (C=O) groups excluding carboxylic acids is 1. The molecule has 27 heavy (non-hydrogen) atoms. The first-order valence-corrected chi connectivity index (χ1v) is 11.7. The molecule has 0 aromatic rings. The number of halogens is 2. The largest absolute Gasteiger partial charge is 0.304 e. The predicted molar refractivity (Wildman–Crippen MR) is 122 cm³/mol. The van der Waals surface area contributed by atoms with E-state index in [1.165, 1.54) is 90.3 Å². The first-order chi connectivity index (χ1) is 13.5. The van der Waals surface area contributed by atoms with Crippen LogP contribution in [0.2, 0.25) is 0 Å². The molecule has 0 fully saturated rings. The molecule has 0 heterocycles. The summed E-state index contributed by atoms with van der Waals surface area (Å²) in [6.45, 7) is 12.4. The van der Waals surface area contributed by atoms with E-state index in [-0.39, 0.29) is 5.24 Å². The number of alkyl halides is 1. The summed E-state index contributed by atoms with van der Waals surface area (Å²) in [5, 5.41) is -0.182. The monoisotopic (exact) mass is 410 g/mol. The fraction of sp³-hybridized carbons (Fsp3) is 0.957. The van der Waals surface area contributed by atoms with Crippen LogP contribution in [-0.4, -0.2) is 36.9 Å². The van der Waals surface area contributed by atoms with Gasteiger partial charge in [0, 0.05) is 6.42 Å². The minimum atomic E-state index is -1.00. The molecule has 0 N–H and O–H groups in total. The van der Waals surface area contributed by atoms with Crippen molar-refractivity contribution in [2.24, 2.45) is 0 Å². The third kappa shape index (κ3) is 33.8. The predicted octanol–water partition coefficient (Wildman–Crippen LogP) is 8.17. The fourth-order valence-electron chi connectivity index (χ4n) is 2.95. The minimum absolute atomic E-state index is 0.182. The van der Waals surface area contributed by atoms with Gasteiger partial charge in [0.15, 0.2) is 0 Å². The van der Waals surface area contributed by atoms with Crippen LogP contribution in [0.15, 0.2) is 0 Å². The van der Waals surface area contributed by atoms with Crippen molar-refractivity contribution in [3.05, 3.63) is 0 Å². The van der Waals surface area contributed by atoms with Gasteiger partial charge in [-0.1, -0.05) is 105 Å². The van der Waals surface area contributed by atoms with Crippen LogP contribution in [0.5, 0.6) is 0 Å². The van der Waals surface area contributed by atoms with Crippen LogP contribution in [0.3, 0.4) is 0 Å². The summed E-state index contributed by atoms with van der Waals surface area (Å²) in [4.78, 5) is 12.9. The molecule has 0 rings (SSSR count). The maximum Gasteiger partial charge on any atom is 0.221 e. The molecule has 0 saturated heterocycles. The molecule has 4 heteroatoms. The zero-order valence-electron chi connectivity index (χ0n) is 19.8. The first kappa shape index (κ1) is 29.1. The van der Waals surface area contributed by atoms with E-state index in [1.54, 1.807) is 0 Å². The van der Waals surface area contributed by atoms with Crippen LogP contribution >= 0.6 is 11.6 Å². The van der Waals surface area contributed by atoms with E-state index in [2.05, 4.69) is 32.6 Å². The highest BCUT2D eigenvalue weighted by molar-refractivity contribution is 6.63. The topological polar surface area (TPSA) is 20.3 Å². The molecule has 0 saturated carbocycles. The van der Waals surface area contributed by atoms with Gasteiger partial charge in [0.25, 0.3) is 0 Å². The van der Waals surface area contributed by atoms with Gasteiger partial charge < -0.3 is 4.90 Å². The molecule has 0 bridgehead atoms. The second kappa shape index (κ2) is 30.6. The highest BCUT2D eigenvalue weighted by Gasteiger charge is 1.96. The van der Waals surface area contributed by atoms with Crippen molar-refractivity contribution < 1.29 is 10.6 Å². The number of nitrogens with zero attached hydrogens (tertiary/aromatic N) is 1. The number of hydrogen-bond donors (Lipinski definition) is 0. The van der Waals surface area contributed by atoms with Gasteiger partial charge in [-0.3, -0.25) is 9.18 Å². The Morgan fingerprint density at radius 3 is 1.26 bits per heavy atom. The number of rotatable bonds is 17. The van der Waals surface area contributed by atoms with Crippen molar-refractivity contribution in [3.8, 4) is 0 Å². The van der Waals surface area contributed by atoms with Gasteiger partial charge in [-0.05, 0) is 37.7 Å². The first-order valence-electron chi connectivity index (χ1n) is 12.0. The lowest BCUT2D eigenvalue weighted by atomic mass is 10.0. The number of carbonyl (C=O) groups is 1. The molecule has 0 aliphatic carbocycles. The van der Waals surface area contributed by atoms with Crippen molar-refractivity contribution in [3.63, 3.8) is 0 Å². The van der Waals surface area contributed by atoms with E-state index in [4.69, 9.17) is 13.0 Å². The molecule has 0 spiro atoms. The van der Waals surface area contributed by atoms with Gasteiger partial charge in [0.1, 0.15) is 0 Å². The van der Waals surface area contributed by atoms with E-state index in [1.807, 2.05) is 0 Å². The van der Waals surface area contributed by atoms with E-state index >= 15 is 0 Å². The summed E-state index contributed by atoms with van der Waals surface area (Å²) >= 11 is 5.28. The highest BCUT2D eigenvalue weighted by atomic mass is 35.5. The Balaban J connectivity index is -0.000000516. The number of unbranched alkanes of at least 4 members (excludes halogenated alkanes) is 12. The Kier molecular flexibility index (Phi) is 32.9. The Hall–Kier alpha value is -0.150. The normalized spacial score (nSPS) is 10.6. The van der Waals surface area contributed by atoms with Crippen LogP contribution < -0.4 is 0 Å². The molecule has 0 unspecified atom stereocenters. The maximum absolute atomic E-state index is 10.5. The van der Waals surface area contributed by atoms with E-state index in [0.717, 1.165) is 12.8 Å². The average Bonchev–Trinajstić information content (AvgIpc) is 2.68. The van der Waals surface area contributed by atoms with Crippen LogP contribution in [-0.2, 0) is 4.79 Å². The molecular formula is C23H49ClFNO. The minimum Gasteiger partial charge on any atom is -0.304 e. The second-order valence-electron chi connectivity index (χ2n) is 6.97. The zero-order chi connectivity index (χ0) is 21.9. The lowest BCUT2D eigenvalue weighted by molar-refractivity contribution is -0.111. The van der Waals surface area contributed by atoms with Gasteiger partial charge in [-0.2, -0.15) is 0 Å². The van der Waals surface area contributed by atoms with Gasteiger partial charge in [-0.25, -0.2) is 0 Å². The Bertz CT molecular complexity index is 274. The lowest BCUT2D eigenvalue weighted by Crippen LogP contribution is -2.21. The van der Waals surface area contributed by atoms with Crippen molar-refractivity contribution in [1.82, 2.24) is 4.90 Å². The third-order valence-corrected chi connectivity index (χ3v) is 5.01. The zero-order valence-corrected chi connectivity index (χ0v) is 19.6. The molecule has 0 amide bonds. The quantitative estimate of drug-likeness (QED) is 0.178. The van der Waals surface area contributed by atoms with Gasteiger partial charge in [-0.15, -0.1) is 0 Å². The Labute approximate surface area is 177 Å². The maximum atomic E-state index is 10.5. The van der Waals surface area contributed by atoms with Crippen molar-refractivity contribution in [2.45, 2.75) is 118 Å². The van der Waals surface area contributed by atoms with Crippen LogP contribution in [0.25, 0.3) is 0 Å². The summed E-state index contributed by atoms with van der Waals surface area (Å²) in [6, 6.07) is 0. The van der Waals surface area contributed by atoms with Gasteiger partial charge >= 0.3 is 0 Å². The molecule has 2 nitrogen and oxygen atoms in total. The Morgan fingerprint density at radius 1 is 0.741 bits per heavy atom. The molecule has 0 radical (unpaired) electrons. The molecule has 166 valence electrons. The highest BCUT2D eigenvalue weighted by Crippen LogP contribution is 2.13. The van der Waals surface area contributed by atoms with Crippen molar-refractivity contribution in [1.29, 1.82) is 0 Å². The van der Waals surface area contributed by atoms with Crippen molar-refractivity contribution in [2.75, 3.05) is 26.8 Å². The van der Waals surface area contributed by atoms with Gasteiger partial charge in [0.05, 0.1) is 8.52 Å². The van der Waals surface area contributed by atoms with Crippen LogP contribution in [0, 0.1) is 0 Å². The molecule has 0 aromatic carbocycles. The second-order valence-corrected chi connectivity index (χ2v) is 7.39. The standard InChI is InChI=1S/C16H31ClO.C6H15N.CH3F/c1-2-3-4-5-6-7-8-9-10-11-12-13-14-15-16(17)18;1-4-7(5-2)6-3;1-2/h2-15H2,1H3;4-6H2,1-3H3;1H3/i;;1D. The number of hydrogen-bond acceptors (Lipinski definition) is 2. The fourth-order valence-corrected chi connectivity index (χ4v) is 3.09. The van der Waals surface area contributed by atoms with Gasteiger partial charge in [0.2, 0.25) is 5.24 Å². The SMILES string of the molecule is CCCCCCCCCCCCCCCC(=O)Cl.CCN(CC)CC.[2H]CF. The molecule has 0 atom stereocenters.